The van der Waals surface area contributed by atoms with Crippen LogP contribution >= 0.6 is 0 Å². The molecule has 0 radical (unpaired) electrons. The van der Waals surface area contributed by atoms with E-state index in [1.807, 2.05) is 36.4 Å². The van der Waals surface area contributed by atoms with Gasteiger partial charge in [0.2, 0.25) is 0 Å². The third-order valence-electron chi connectivity index (χ3n) is 3.70. The Labute approximate surface area is 123 Å². The first-order valence-corrected chi connectivity index (χ1v) is 6.84. The summed E-state index contributed by atoms with van der Waals surface area (Å²) in [6.07, 6.45) is 0.488. The Balaban J connectivity index is 1.99. The van der Waals surface area contributed by atoms with Gasteiger partial charge < -0.3 is 0 Å². The molecule has 0 N–H and O–H groups in total. The molecule has 1 atom stereocenters. The standard InChI is InChI=1S/C18H15NO2/c1-13-12-16(14-8-4-2-5-9-14)19(17(13)20)18(21)15-10-6-3-7-11-15/h2-11,16H,1,12H2. The van der Waals surface area contributed by atoms with Crippen molar-refractivity contribution in [3.05, 3.63) is 83.9 Å². The van der Waals surface area contributed by atoms with Crippen LogP contribution in [0.15, 0.2) is 72.8 Å². The molecule has 2 amide bonds. The minimum atomic E-state index is -0.280. The van der Waals surface area contributed by atoms with Crippen LogP contribution in [0.4, 0.5) is 0 Å². The monoisotopic (exact) mass is 277 g/mol. The number of carbonyl (C=O) groups excluding carboxylic acids is 2. The highest BCUT2D eigenvalue weighted by Gasteiger charge is 2.39. The lowest BCUT2D eigenvalue weighted by molar-refractivity contribution is -0.123. The maximum absolute atomic E-state index is 12.7. The molecule has 0 spiro atoms. The Morgan fingerprint density at radius 1 is 1.00 bits per heavy atom. The van der Waals surface area contributed by atoms with Crippen LogP contribution in [0.25, 0.3) is 0 Å². The number of nitrogens with zero attached hydrogens (tertiary/aromatic N) is 1. The zero-order valence-corrected chi connectivity index (χ0v) is 11.5. The summed E-state index contributed by atoms with van der Waals surface area (Å²) in [5.74, 6) is -0.550. The van der Waals surface area contributed by atoms with Crippen molar-refractivity contribution >= 4 is 11.8 Å². The smallest absolute Gasteiger partial charge is 0.261 e. The van der Waals surface area contributed by atoms with Crippen LogP contribution < -0.4 is 0 Å². The molecule has 104 valence electrons. The van der Waals surface area contributed by atoms with Gasteiger partial charge in [0, 0.05) is 17.6 Å². The van der Waals surface area contributed by atoms with Crippen LogP contribution in [0.3, 0.4) is 0 Å². The molecule has 1 fully saturated rings. The molecule has 3 heteroatoms. The summed E-state index contributed by atoms with van der Waals surface area (Å²) in [6.45, 7) is 3.79. The van der Waals surface area contributed by atoms with E-state index in [1.165, 1.54) is 4.90 Å². The van der Waals surface area contributed by atoms with Crippen molar-refractivity contribution in [1.29, 1.82) is 0 Å². The van der Waals surface area contributed by atoms with Crippen molar-refractivity contribution in [1.82, 2.24) is 4.90 Å². The number of rotatable bonds is 2. The summed E-state index contributed by atoms with van der Waals surface area (Å²) in [7, 11) is 0. The second kappa shape index (κ2) is 5.37. The van der Waals surface area contributed by atoms with Gasteiger partial charge in [0.05, 0.1) is 6.04 Å². The topological polar surface area (TPSA) is 37.4 Å². The van der Waals surface area contributed by atoms with E-state index in [2.05, 4.69) is 6.58 Å². The van der Waals surface area contributed by atoms with E-state index < -0.39 is 0 Å². The fourth-order valence-electron chi connectivity index (χ4n) is 2.62. The molecule has 21 heavy (non-hydrogen) atoms. The zero-order valence-electron chi connectivity index (χ0n) is 11.5. The second-order valence-electron chi connectivity index (χ2n) is 5.08. The van der Waals surface area contributed by atoms with Gasteiger partial charge in [-0.25, -0.2) is 0 Å². The van der Waals surface area contributed by atoms with Crippen LogP contribution in [0.1, 0.15) is 28.4 Å². The van der Waals surface area contributed by atoms with Crippen molar-refractivity contribution in [2.75, 3.05) is 0 Å². The van der Waals surface area contributed by atoms with Crippen molar-refractivity contribution in [3.8, 4) is 0 Å². The van der Waals surface area contributed by atoms with Gasteiger partial charge in [0.1, 0.15) is 0 Å². The lowest BCUT2D eigenvalue weighted by Gasteiger charge is -2.23. The fraction of sp³-hybridized carbons (Fsp3) is 0.111. The summed E-state index contributed by atoms with van der Waals surface area (Å²) in [6, 6.07) is 18.2. The summed E-state index contributed by atoms with van der Waals surface area (Å²) in [5.41, 5.74) is 1.95. The first-order valence-electron chi connectivity index (χ1n) is 6.84. The highest BCUT2D eigenvalue weighted by atomic mass is 16.2. The van der Waals surface area contributed by atoms with Crippen molar-refractivity contribution in [3.63, 3.8) is 0 Å². The number of imide groups is 1. The average molecular weight is 277 g/mol. The normalized spacial score (nSPS) is 18.1. The first-order chi connectivity index (χ1) is 10.2. The number of benzene rings is 2. The van der Waals surface area contributed by atoms with Crippen LogP contribution in [-0.4, -0.2) is 16.7 Å². The summed E-state index contributed by atoms with van der Waals surface area (Å²) in [4.78, 5) is 26.3. The summed E-state index contributed by atoms with van der Waals surface area (Å²) in [5, 5.41) is 0. The molecule has 3 nitrogen and oxygen atoms in total. The molecule has 1 saturated heterocycles. The van der Waals surface area contributed by atoms with E-state index in [9.17, 15) is 9.59 Å². The third-order valence-corrected chi connectivity index (χ3v) is 3.70. The Hall–Kier alpha value is -2.68. The predicted octanol–water partition coefficient (Wildman–Crippen LogP) is 3.36. The summed E-state index contributed by atoms with van der Waals surface area (Å²) >= 11 is 0. The maximum atomic E-state index is 12.7. The van der Waals surface area contributed by atoms with Crippen molar-refractivity contribution in [2.24, 2.45) is 0 Å². The van der Waals surface area contributed by atoms with Gasteiger partial charge in [-0.3, -0.25) is 14.5 Å². The minimum Gasteiger partial charge on any atom is -0.269 e. The first kappa shape index (κ1) is 13.3. The molecule has 0 aromatic heterocycles. The number of hydrogen-bond acceptors (Lipinski definition) is 2. The van der Waals surface area contributed by atoms with Crippen molar-refractivity contribution in [2.45, 2.75) is 12.5 Å². The van der Waals surface area contributed by atoms with E-state index in [0.29, 0.717) is 17.6 Å². The molecular weight excluding hydrogens is 262 g/mol. The van der Waals surface area contributed by atoms with Gasteiger partial charge in [-0.15, -0.1) is 0 Å². The number of hydrogen-bond donors (Lipinski definition) is 0. The Bertz CT molecular complexity index is 692. The maximum Gasteiger partial charge on any atom is 0.261 e. The SMILES string of the molecule is C=C1CC(c2ccccc2)N(C(=O)c2ccccc2)C1=O. The van der Waals surface area contributed by atoms with Gasteiger partial charge in [-0.05, 0) is 17.7 Å². The molecule has 1 aliphatic rings. The Kier molecular flexibility index (Phi) is 3.40. The molecule has 2 aromatic carbocycles. The molecule has 0 aliphatic carbocycles. The molecule has 0 bridgehead atoms. The zero-order chi connectivity index (χ0) is 14.8. The molecule has 1 unspecified atom stereocenters. The lowest BCUT2D eigenvalue weighted by Crippen LogP contribution is -2.34. The molecule has 1 heterocycles. The van der Waals surface area contributed by atoms with E-state index in [-0.39, 0.29) is 17.9 Å². The van der Waals surface area contributed by atoms with E-state index in [1.54, 1.807) is 24.3 Å². The van der Waals surface area contributed by atoms with Gasteiger partial charge in [-0.2, -0.15) is 0 Å². The number of likely N-dealkylation sites (tertiary alicyclic amines) is 1. The van der Waals surface area contributed by atoms with Crippen LogP contribution in [-0.2, 0) is 4.79 Å². The minimum absolute atomic E-state index is 0.265. The second-order valence-corrected chi connectivity index (χ2v) is 5.08. The van der Waals surface area contributed by atoms with E-state index >= 15 is 0 Å². The molecule has 1 aliphatic heterocycles. The van der Waals surface area contributed by atoms with E-state index in [0.717, 1.165) is 5.56 Å². The fourth-order valence-corrected chi connectivity index (χ4v) is 2.62. The van der Waals surface area contributed by atoms with Crippen molar-refractivity contribution < 1.29 is 9.59 Å². The lowest BCUT2D eigenvalue weighted by atomic mass is 10.0. The van der Waals surface area contributed by atoms with Gasteiger partial charge in [0.25, 0.3) is 11.8 Å². The van der Waals surface area contributed by atoms with Crippen LogP contribution in [0.5, 0.6) is 0 Å². The summed E-state index contributed by atoms with van der Waals surface area (Å²) < 4.78 is 0. The number of carbonyl (C=O) groups is 2. The van der Waals surface area contributed by atoms with E-state index in [4.69, 9.17) is 0 Å². The Morgan fingerprint density at radius 2 is 1.57 bits per heavy atom. The molecular formula is C18H15NO2. The third kappa shape index (κ3) is 2.38. The van der Waals surface area contributed by atoms with Crippen LogP contribution in [0, 0.1) is 0 Å². The average Bonchev–Trinajstić information content (AvgIpc) is 2.84. The molecule has 0 saturated carbocycles. The van der Waals surface area contributed by atoms with Gasteiger partial charge in [0.15, 0.2) is 0 Å². The van der Waals surface area contributed by atoms with Gasteiger partial charge >= 0.3 is 0 Å². The molecule has 2 aromatic rings. The number of amides is 2. The highest BCUT2D eigenvalue weighted by molar-refractivity contribution is 6.11. The predicted molar refractivity (Wildman–Crippen MR) is 80.6 cm³/mol. The van der Waals surface area contributed by atoms with Crippen LogP contribution in [0.2, 0.25) is 0 Å². The molecule has 3 rings (SSSR count). The highest BCUT2D eigenvalue weighted by Crippen LogP contribution is 2.36. The van der Waals surface area contributed by atoms with Gasteiger partial charge in [-0.1, -0.05) is 55.1 Å². The quantitative estimate of drug-likeness (QED) is 0.623. The largest absolute Gasteiger partial charge is 0.269 e. The Morgan fingerprint density at radius 3 is 2.19 bits per heavy atom.